The number of aliphatic imine (C=N–C) groups is 1. The first-order valence-corrected chi connectivity index (χ1v) is 3.72. The number of amides is 1. The number of carbonyl (C=O) groups excluding carboxylic acids is 1. The molecule has 59 valence electrons. The molecular weight excluding hydrogens is 176 g/mol. The van der Waals surface area contributed by atoms with Crippen LogP contribution in [0.5, 0.6) is 0 Å². The zero-order chi connectivity index (χ0) is 8.55. The average molecular weight is 180 g/mol. The molecule has 0 fully saturated rings. The summed E-state index contributed by atoms with van der Waals surface area (Å²) in [6.07, 6.45) is 1.24. The summed E-state index contributed by atoms with van der Waals surface area (Å²) >= 11 is 5.71. The van der Waals surface area contributed by atoms with Crippen molar-refractivity contribution in [2.45, 2.75) is 0 Å². The third-order valence-electron chi connectivity index (χ3n) is 1.56. The maximum Gasteiger partial charge on any atom is 0.280 e. The van der Waals surface area contributed by atoms with E-state index < -0.39 is 0 Å². The molecule has 0 aromatic heterocycles. The molecule has 0 N–H and O–H groups in total. The van der Waals surface area contributed by atoms with Crippen LogP contribution < -0.4 is 5.32 Å². The third kappa shape index (κ3) is 1.08. The summed E-state index contributed by atoms with van der Waals surface area (Å²) in [5, 5.41) is 4.48. The smallest absolute Gasteiger partial charge is 0.267 e. The third-order valence-corrected chi connectivity index (χ3v) is 1.80. The van der Waals surface area contributed by atoms with Gasteiger partial charge in [0.1, 0.15) is 6.34 Å². The van der Waals surface area contributed by atoms with Crippen molar-refractivity contribution in [1.29, 1.82) is 0 Å². The lowest BCUT2D eigenvalue weighted by molar-refractivity contribution is 0.100. The summed E-state index contributed by atoms with van der Waals surface area (Å²) in [4.78, 5) is 14.6. The monoisotopic (exact) mass is 179 g/mol. The Labute approximate surface area is 74.1 Å². The van der Waals surface area contributed by atoms with Crippen LogP contribution in [0, 0.1) is 0 Å². The fourth-order valence-corrected chi connectivity index (χ4v) is 1.17. The summed E-state index contributed by atoms with van der Waals surface area (Å²) < 4.78 is 0. The molecule has 12 heavy (non-hydrogen) atoms. The van der Waals surface area contributed by atoms with Crippen LogP contribution in [0.2, 0.25) is 5.02 Å². The molecule has 4 heteroatoms. The number of halogens is 1. The maximum absolute atomic E-state index is 11.1. The van der Waals surface area contributed by atoms with Crippen molar-refractivity contribution in [3.63, 3.8) is 0 Å². The van der Waals surface area contributed by atoms with Crippen LogP contribution in [-0.2, 0) is 0 Å². The SMILES string of the molecule is O=C1N=C[N]c2cc(Cl)ccc21. The topological polar surface area (TPSA) is 43.5 Å². The van der Waals surface area contributed by atoms with Gasteiger partial charge in [-0.05, 0) is 18.2 Å². The molecule has 0 aliphatic carbocycles. The Balaban J connectivity index is 2.58. The Bertz CT molecular complexity index is 373. The average Bonchev–Trinajstić information content (AvgIpc) is 2.04. The number of rotatable bonds is 0. The minimum Gasteiger partial charge on any atom is -0.267 e. The first-order valence-electron chi connectivity index (χ1n) is 3.34. The van der Waals surface area contributed by atoms with E-state index in [1.807, 2.05) is 0 Å². The van der Waals surface area contributed by atoms with E-state index in [1.165, 1.54) is 6.34 Å². The van der Waals surface area contributed by atoms with Crippen molar-refractivity contribution in [1.82, 2.24) is 5.32 Å². The number of fused-ring (bicyclic) bond motifs is 1. The van der Waals surface area contributed by atoms with Crippen LogP contribution in [0.4, 0.5) is 5.69 Å². The fourth-order valence-electron chi connectivity index (χ4n) is 1.01. The summed E-state index contributed by atoms with van der Waals surface area (Å²) in [5.41, 5.74) is 1.09. The summed E-state index contributed by atoms with van der Waals surface area (Å²) in [6, 6.07) is 4.91. The standard InChI is InChI=1S/C8H4ClN2O/c9-5-1-2-6-7(3-5)10-4-11-8(6)12/h1-4H. The number of hydrogen-bond acceptors (Lipinski definition) is 1. The molecule has 1 aromatic carbocycles. The van der Waals surface area contributed by atoms with E-state index in [0.29, 0.717) is 16.3 Å². The molecule has 1 aromatic rings. The van der Waals surface area contributed by atoms with E-state index in [0.717, 1.165) is 0 Å². The van der Waals surface area contributed by atoms with E-state index in [-0.39, 0.29) is 5.91 Å². The molecule has 3 nitrogen and oxygen atoms in total. The molecule has 1 radical (unpaired) electrons. The Morgan fingerprint density at radius 3 is 3.00 bits per heavy atom. The molecule has 1 aliphatic rings. The molecule has 1 heterocycles. The predicted octanol–water partition coefficient (Wildman–Crippen LogP) is 1.76. The molecule has 1 aliphatic heterocycles. The fraction of sp³-hybridized carbons (Fsp3) is 0. The van der Waals surface area contributed by atoms with E-state index in [1.54, 1.807) is 18.2 Å². The van der Waals surface area contributed by atoms with Crippen LogP contribution in [0.15, 0.2) is 23.2 Å². The lowest BCUT2D eigenvalue weighted by Crippen LogP contribution is -2.09. The van der Waals surface area contributed by atoms with Gasteiger partial charge in [0, 0.05) is 5.02 Å². The second-order valence-corrected chi connectivity index (χ2v) is 2.78. The highest BCUT2D eigenvalue weighted by molar-refractivity contribution is 6.31. The van der Waals surface area contributed by atoms with Crippen molar-refractivity contribution in [3.8, 4) is 0 Å². The van der Waals surface area contributed by atoms with Gasteiger partial charge in [-0.25, -0.2) is 5.32 Å². The van der Waals surface area contributed by atoms with Gasteiger partial charge in [-0.15, -0.1) is 0 Å². The van der Waals surface area contributed by atoms with Crippen LogP contribution >= 0.6 is 11.6 Å². The molecule has 0 atom stereocenters. The molecule has 0 unspecified atom stereocenters. The van der Waals surface area contributed by atoms with E-state index >= 15 is 0 Å². The first kappa shape index (κ1) is 7.31. The largest absolute Gasteiger partial charge is 0.280 e. The highest BCUT2D eigenvalue weighted by Gasteiger charge is 2.14. The molecule has 1 amide bonds. The lowest BCUT2D eigenvalue weighted by atomic mass is 10.1. The second-order valence-electron chi connectivity index (χ2n) is 2.34. The lowest BCUT2D eigenvalue weighted by Gasteiger charge is -2.07. The molecule has 0 bridgehead atoms. The molecular formula is C8H4ClN2O. The van der Waals surface area contributed by atoms with Gasteiger partial charge in [0.2, 0.25) is 0 Å². The summed E-state index contributed by atoms with van der Waals surface area (Å²) in [5.74, 6) is -0.267. The van der Waals surface area contributed by atoms with Crippen molar-refractivity contribution < 1.29 is 4.79 Å². The first-order chi connectivity index (χ1) is 5.77. The number of benzene rings is 1. The van der Waals surface area contributed by atoms with Gasteiger partial charge in [0.05, 0.1) is 11.3 Å². The van der Waals surface area contributed by atoms with Gasteiger partial charge in [-0.2, -0.15) is 4.99 Å². The molecule has 0 saturated carbocycles. The maximum atomic E-state index is 11.1. The Morgan fingerprint density at radius 2 is 2.17 bits per heavy atom. The van der Waals surface area contributed by atoms with Gasteiger partial charge in [0.25, 0.3) is 5.91 Å². The van der Waals surface area contributed by atoms with Gasteiger partial charge in [-0.3, -0.25) is 4.79 Å². The number of hydrogen-bond donors (Lipinski definition) is 0. The van der Waals surface area contributed by atoms with Gasteiger partial charge in [-0.1, -0.05) is 11.6 Å². The van der Waals surface area contributed by atoms with Crippen LogP contribution in [-0.4, -0.2) is 12.2 Å². The summed E-state index contributed by atoms with van der Waals surface area (Å²) in [6.45, 7) is 0. The van der Waals surface area contributed by atoms with Crippen molar-refractivity contribution in [3.05, 3.63) is 28.8 Å². The highest BCUT2D eigenvalue weighted by atomic mass is 35.5. The zero-order valence-corrected chi connectivity index (χ0v) is 6.75. The van der Waals surface area contributed by atoms with E-state index in [4.69, 9.17) is 11.6 Å². The van der Waals surface area contributed by atoms with Crippen molar-refractivity contribution >= 4 is 29.5 Å². The number of nitrogens with zero attached hydrogens (tertiary/aromatic N) is 2. The van der Waals surface area contributed by atoms with Gasteiger partial charge in [0.15, 0.2) is 0 Å². The molecule has 2 rings (SSSR count). The Morgan fingerprint density at radius 1 is 1.33 bits per heavy atom. The van der Waals surface area contributed by atoms with Gasteiger partial charge < -0.3 is 0 Å². The van der Waals surface area contributed by atoms with Crippen LogP contribution in [0.25, 0.3) is 0 Å². The van der Waals surface area contributed by atoms with Gasteiger partial charge >= 0.3 is 0 Å². The summed E-state index contributed by atoms with van der Waals surface area (Å²) in [7, 11) is 0. The predicted molar refractivity (Wildman–Crippen MR) is 46.1 cm³/mol. The van der Waals surface area contributed by atoms with E-state index in [2.05, 4.69) is 10.3 Å². The van der Waals surface area contributed by atoms with Crippen LogP contribution in [0.3, 0.4) is 0 Å². The number of carbonyl (C=O) groups is 1. The molecule has 0 spiro atoms. The second kappa shape index (κ2) is 2.60. The van der Waals surface area contributed by atoms with Crippen LogP contribution in [0.1, 0.15) is 10.4 Å². The highest BCUT2D eigenvalue weighted by Crippen LogP contribution is 2.23. The quantitative estimate of drug-likeness (QED) is 0.599. The molecule has 0 saturated heterocycles. The Hall–Kier alpha value is -1.35. The zero-order valence-electron chi connectivity index (χ0n) is 5.99. The minimum absolute atomic E-state index is 0.267. The van der Waals surface area contributed by atoms with Crippen molar-refractivity contribution in [2.75, 3.05) is 0 Å². The van der Waals surface area contributed by atoms with Crippen molar-refractivity contribution in [2.24, 2.45) is 4.99 Å². The minimum atomic E-state index is -0.267. The van der Waals surface area contributed by atoms with E-state index in [9.17, 15) is 4.79 Å². The Kier molecular flexibility index (Phi) is 1.59. The normalized spacial score (nSPS) is 13.9.